The van der Waals surface area contributed by atoms with Crippen LogP contribution in [-0.2, 0) is 0 Å². The highest BCUT2D eigenvalue weighted by molar-refractivity contribution is 6.21. The highest BCUT2D eigenvalue weighted by Crippen LogP contribution is 2.25. The lowest BCUT2D eigenvalue weighted by Gasteiger charge is -2.21. The lowest BCUT2D eigenvalue weighted by Crippen LogP contribution is -2.30. The topological polar surface area (TPSA) is 46.6 Å². The van der Waals surface area contributed by atoms with Gasteiger partial charge in [-0.25, -0.2) is 0 Å². The van der Waals surface area contributed by atoms with Crippen LogP contribution in [0, 0.1) is 17.8 Å². The van der Waals surface area contributed by atoms with Gasteiger partial charge in [0, 0.05) is 18.5 Å². The van der Waals surface area contributed by atoms with Crippen molar-refractivity contribution in [3.05, 3.63) is 65.2 Å². The van der Waals surface area contributed by atoms with E-state index in [9.17, 15) is 9.59 Å². The summed E-state index contributed by atoms with van der Waals surface area (Å²) in [6.45, 7) is 1.08. The number of carbonyl (C=O) groups is 2. The van der Waals surface area contributed by atoms with Gasteiger partial charge in [-0.2, -0.15) is 0 Å². The van der Waals surface area contributed by atoms with Crippen molar-refractivity contribution < 1.29 is 14.3 Å². The first-order valence-electron chi connectivity index (χ1n) is 10.4. The Bertz CT molecular complexity index is 928. The molecule has 2 aromatic carbocycles. The molecular formula is C25H25NO3. The first-order valence-corrected chi connectivity index (χ1v) is 10.4. The number of carbonyl (C=O) groups excluding carboxylic acids is 2. The zero-order chi connectivity index (χ0) is 20.1. The number of hydrogen-bond donors (Lipinski definition) is 0. The normalized spacial score (nSPS) is 16.3. The summed E-state index contributed by atoms with van der Waals surface area (Å²) < 4.78 is 5.97. The van der Waals surface area contributed by atoms with E-state index >= 15 is 0 Å². The van der Waals surface area contributed by atoms with Crippen molar-refractivity contribution >= 4 is 11.8 Å². The quantitative estimate of drug-likeness (QED) is 0.553. The van der Waals surface area contributed by atoms with E-state index in [1.54, 1.807) is 24.3 Å². The maximum atomic E-state index is 12.4. The molecule has 0 atom stereocenters. The van der Waals surface area contributed by atoms with Gasteiger partial charge in [0.05, 0.1) is 17.7 Å². The highest BCUT2D eigenvalue weighted by Gasteiger charge is 2.34. The average Bonchev–Trinajstić information content (AvgIpc) is 3.01. The molecule has 4 nitrogen and oxygen atoms in total. The molecule has 4 rings (SSSR count). The van der Waals surface area contributed by atoms with Gasteiger partial charge in [-0.1, -0.05) is 49.3 Å². The van der Waals surface area contributed by atoms with E-state index in [-0.39, 0.29) is 11.8 Å². The first-order chi connectivity index (χ1) is 14.2. The second-order valence-electron chi connectivity index (χ2n) is 7.70. The molecule has 0 radical (unpaired) electrons. The SMILES string of the molecule is O=C1c2ccccc2C(=O)N1CCC#Cc1cccc(OCC2CCCCC2)c1. The van der Waals surface area contributed by atoms with Gasteiger partial charge in [0.15, 0.2) is 0 Å². The fraction of sp³-hybridized carbons (Fsp3) is 0.360. The van der Waals surface area contributed by atoms with E-state index in [1.807, 2.05) is 24.3 Å². The molecule has 0 unspecified atom stereocenters. The molecule has 1 fully saturated rings. The molecule has 2 aromatic rings. The van der Waals surface area contributed by atoms with E-state index in [0.29, 0.717) is 30.0 Å². The Morgan fingerprint density at radius 1 is 0.931 bits per heavy atom. The fourth-order valence-corrected chi connectivity index (χ4v) is 4.01. The highest BCUT2D eigenvalue weighted by atomic mass is 16.5. The number of hydrogen-bond acceptors (Lipinski definition) is 3. The molecule has 1 aliphatic carbocycles. The zero-order valence-electron chi connectivity index (χ0n) is 16.5. The van der Waals surface area contributed by atoms with Crippen LogP contribution in [0.5, 0.6) is 5.75 Å². The van der Waals surface area contributed by atoms with Crippen LogP contribution >= 0.6 is 0 Å². The molecule has 0 N–H and O–H groups in total. The van der Waals surface area contributed by atoms with E-state index < -0.39 is 0 Å². The van der Waals surface area contributed by atoms with Gasteiger partial charge in [0.2, 0.25) is 0 Å². The maximum absolute atomic E-state index is 12.4. The van der Waals surface area contributed by atoms with Gasteiger partial charge >= 0.3 is 0 Å². The molecule has 0 spiro atoms. The summed E-state index contributed by atoms with van der Waals surface area (Å²) >= 11 is 0. The number of nitrogens with zero attached hydrogens (tertiary/aromatic N) is 1. The Labute approximate surface area is 171 Å². The fourth-order valence-electron chi connectivity index (χ4n) is 4.01. The number of imide groups is 1. The van der Waals surface area contributed by atoms with Crippen LogP contribution in [0.4, 0.5) is 0 Å². The summed E-state index contributed by atoms with van der Waals surface area (Å²) in [5.41, 5.74) is 1.84. The molecule has 0 aromatic heterocycles. The Balaban J connectivity index is 1.31. The average molecular weight is 387 g/mol. The maximum Gasteiger partial charge on any atom is 0.261 e. The van der Waals surface area contributed by atoms with Crippen molar-refractivity contribution in [1.82, 2.24) is 4.90 Å². The number of ether oxygens (including phenoxy) is 1. The minimum Gasteiger partial charge on any atom is -0.493 e. The minimum atomic E-state index is -0.231. The summed E-state index contributed by atoms with van der Waals surface area (Å²) in [4.78, 5) is 26.0. The molecule has 4 heteroatoms. The van der Waals surface area contributed by atoms with Crippen LogP contribution in [-0.4, -0.2) is 29.9 Å². The third-order valence-corrected chi connectivity index (χ3v) is 5.62. The van der Waals surface area contributed by atoms with E-state index in [1.165, 1.54) is 37.0 Å². The van der Waals surface area contributed by atoms with Gasteiger partial charge in [0.1, 0.15) is 5.75 Å². The van der Waals surface area contributed by atoms with Crippen molar-refractivity contribution in [3.63, 3.8) is 0 Å². The van der Waals surface area contributed by atoms with E-state index in [4.69, 9.17) is 4.74 Å². The van der Waals surface area contributed by atoms with Crippen LogP contribution in [0.25, 0.3) is 0 Å². The standard InChI is InChI=1S/C25H25NO3/c27-24-22-14-4-5-15-23(22)25(28)26(24)16-7-6-9-19-12-8-13-21(17-19)29-18-20-10-2-1-3-11-20/h4-5,8,12-15,17,20H,1-3,7,10-11,16,18H2. The van der Waals surface area contributed by atoms with Crippen molar-refractivity contribution in [1.29, 1.82) is 0 Å². The zero-order valence-corrected chi connectivity index (χ0v) is 16.5. The Morgan fingerprint density at radius 3 is 2.38 bits per heavy atom. The Hall–Kier alpha value is -3.06. The number of rotatable bonds is 5. The van der Waals surface area contributed by atoms with Crippen LogP contribution < -0.4 is 4.74 Å². The second kappa shape index (κ2) is 8.96. The summed E-state index contributed by atoms with van der Waals surface area (Å²) in [6.07, 6.45) is 6.94. The van der Waals surface area contributed by atoms with Gasteiger partial charge in [-0.15, -0.1) is 0 Å². The molecule has 2 amide bonds. The Morgan fingerprint density at radius 2 is 1.66 bits per heavy atom. The predicted molar refractivity (Wildman–Crippen MR) is 112 cm³/mol. The number of amides is 2. The first kappa shape index (κ1) is 19.3. The van der Waals surface area contributed by atoms with Gasteiger partial charge < -0.3 is 4.74 Å². The lowest BCUT2D eigenvalue weighted by molar-refractivity contribution is 0.0658. The van der Waals surface area contributed by atoms with Gasteiger partial charge in [-0.05, 0) is 49.1 Å². The summed E-state index contributed by atoms with van der Waals surface area (Å²) in [7, 11) is 0. The van der Waals surface area contributed by atoms with Crippen molar-refractivity contribution in [3.8, 4) is 17.6 Å². The monoisotopic (exact) mass is 387 g/mol. The molecule has 29 heavy (non-hydrogen) atoms. The van der Waals surface area contributed by atoms with Crippen molar-refractivity contribution in [2.45, 2.75) is 38.5 Å². The predicted octanol–water partition coefficient (Wildman–Crippen LogP) is 4.68. The Kier molecular flexibility index (Phi) is 5.95. The van der Waals surface area contributed by atoms with Gasteiger partial charge in [-0.3, -0.25) is 14.5 Å². The van der Waals surface area contributed by atoms with E-state index in [2.05, 4.69) is 11.8 Å². The molecule has 148 valence electrons. The minimum absolute atomic E-state index is 0.231. The summed E-state index contributed by atoms with van der Waals surface area (Å²) in [5, 5.41) is 0. The smallest absolute Gasteiger partial charge is 0.261 e. The second-order valence-corrected chi connectivity index (χ2v) is 7.70. The molecule has 1 aliphatic heterocycles. The number of benzene rings is 2. The largest absolute Gasteiger partial charge is 0.493 e. The van der Waals surface area contributed by atoms with Crippen LogP contribution in [0.1, 0.15) is 64.8 Å². The molecule has 1 saturated carbocycles. The third-order valence-electron chi connectivity index (χ3n) is 5.62. The van der Waals surface area contributed by atoms with Crippen LogP contribution in [0.15, 0.2) is 48.5 Å². The lowest BCUT2D eigenvalue weighted by atomic mass is 9.90. The van der Waals surface area contributed by atoms with E-state index in [0.717, 1.165) is 17.9 Å². The molecular weight excluding hydrogens is 362 g/mol. The summed E-state index contributed by atoms with van der Waals surface area (Å²) in [6, 6.07) is 14.8. The third kappa shape index (κ3) is 4.51. The van der Waals surface area contributed by atoms with Gasteiger partial charge in [0.25, 0.3) is 11.8 Å². The molecule has 2 aliphatic rings. The van der Waals surface area contributed by atoms with Crippen molar-refractivity contribution in [2.75, 3.05) is 13.2 Å². The van der Waals surface area contributed by atoms with Crippen molar-refractivity contribution in [2.24, 2.45) is 5.92 Å². The summed E-state index contributed by atoms with van der Waals surface area (Å²) in [5.74, 6) is 7.25. The van der Waals surface area contributed by atoms with Crippen LogP contribution in [0.2, 0.25) is 0 Å². The van der Waals surface area contributed by atoms with Crippen LogP contribution in [0.3, 0.4) is 0 Å². The number of fused-ring (bicyclic) bond motifs is 1. The molecule has 0 bridgehead atoms. The molecule has 1 heterocycles. The molecule has 0 saturated heterocycles.